The Morgan fingerprint density at radius 3 is 2.63 bits per heavy atom. The normalized spacial score (nSPS) is 14.8. The maximum Gasteiger partial charge on any atom is 3.00 e. The number of rotatable bonds is 1. The zero-order chi connectivity index (χ0) is 16.1. The first kappa shape index (κ1) is 22.0. The number of aryl methyl sites for hydroxylation is 1. The first-order valence-corrected chi connectivity index (χ1v) is 8.52. The zero-order valence-electron chi connectivity index (χ0n) is 14.9. The van der Waals surface area contributed by atoms with Gasteiger partial charge in [0.2, 0.25) is 0 Å². The standard InChI is InChI=1S/C23H18N.2ClH.Zr/c1-15-12-16-7-4-8-18(20(16)13-15)19-9-5-11-23-21(19)14-17-6-2-3-10-22(17)24-23;;;/h2-8,10-14,19H,9H2,1H3;2*1H;/q-1;;;+3/p-2. The van der Waals surface area contributed by atoms with E-state index in [0.717, 1.165) is 17.6 Å². The summed E-state index contributed by atoms with van der Waals surface area (Å²) in [7, 11) is 0. The molecular formula is C23H18Cl2NZr. The van der Waals surface area contributed by atoms with Gasteiger partial charge >= 0.3 is 26.2 Å². The van der Waals surface area contributed by atoms with Crippen LogP contribution in [-0.4, -0.2) is 4.98 Å². The van der Waals surface area contributed by atoms with E-state index in [1.165, 1.54) is 32.8 Å². The topological polar surface area (TPSA) is 12.9 Å². The number of halogens is 2. The maximum absolute atomic E-state index is 4.89. The molecule has 133 valence electrons. The van der Waals surface area contributed by atoms with E-state index in [2.05, 4.69) is 79.7 Å². The van der Waals surface area contributed by atoms with Gasteiger partial charge in [-0.3, -0.25) is 0 Å². The first-order valence-electron chi connectivity index (χ1n) is 8.52. The van der Waals surface area contributed by atoms with E-state index in [0.29, 0.717) is 5.92 Å². The van der Waals surface area contributed by atoms with Crippen molar-refractivity contribution in [2.75, 3.05) is 0 Å². The van der Waals surface area contributed by atoms with Crippen molar-refractivity contribution in [1.29, 1.82) is 0 Å². The van der Waals surface area contributed by atoms with Gasteiger partial charge in [-0.15, -0.1) is 34.5 Å². The molecule has 1 aromatic heterocycles. The molecule has 1 nitrogen and oxygen atoms in total. The third kappa shape index (κ3) is 3.81. The molecule has 1 aliphatic rings. The third-order valence-electron chi connectivity index (χ3n) is 5.11. The number of nitrogens with zero attached hydrogens (tertiary/aromatic N) is 1. The van der Waals surface area contributed by atoms with Crippen LogP contribution in [0.1, 0.15) is 34.7 Å². The summed E-state index contributed by atoms with van der Waals surface area (Å²) >= 11 is 0. The average Bonchev–Trinajstić information content (AvgIpc) is 2.99. The summed E-state index contributed by atoms with van der Waals surface area (Å²) in [5, 5.41) is 3.95. The fourth-order valence-electron chi connectivity index (χ4n) is 4.01. The van der Waals surface area contributed by atoms with E-state index in [9.17, 15) is 0 Å². The van der Waals surface area contributed by atoms with E-state index in [4.69, 9.17) is 4.98 Å². The van der Waals surface area contributed by atoms with Gasteiger partial charge in [0.1, 0.15) is 0 Å². The Labute approximate surface area is 191 Å². The molecule has 0 aliphatic heterocycles. The Kier molecular flexibility index (Phi) is 7.14. The molecule has 27 heavy (non-hydrogen) atoms. The molecular weight excluding hydrogens is 452 g/mol. The Morgan fingerprint density at radius 1 is 0.963 bits per heavy atom. The van der Waals surface area contributed by atoms with Crippen molar-refractivity contribution < 1.29 is 51.0 Å². The van der Waals surface area contributed by atoms with Crippen molar-refractivity contribution in [3.63, 3.8) is 0 Å². The predicted octanol–water partition coefficient (Wildman–Crippen LogP) is -0.0304. The van der Waals surface area contributed by atoms with Gasteiger partial charge in [0.15, 0.2) is 0 Å². The van der Waals surface area contributed by atoms with Gasteiger partial charge in [-0.25, -0.2) is 4.98 Å². The number of fused-ring (bicyclic) bond motifs is 3. The van der Waals surface area contributed by atoms with Crippen LogP contribution in [0.2, 0.25) is 0 Å². The Hall–Kier alpha value is -1.34. The summed E-state index contributed by atoms with van der Waals surface area (Å²) in [6.45, 7) is 2.17. The second-order valence-electron chi connectivity index (χ2n) is 6.73. The Morgan fingerprint density at radius 2 is 1.78 bits per heavy atom. The largest absolute Gasteiger partial charge is 3.00 e. The minimum absolute atomic E-state index is 0. The molecule has 0 saturated heterocycles. The number of hydrogen-bond acceptors (Lipinski definition) is 1. The third-order valence-corrected chi connectivity index (χ3v) is 5.11. The van der Waals surface area contributed by atoms with Crippen LogP contribution < -0.4 is 24.8 Å². The number of benzene rings is 2. The monoisotopic (exact) mass is 468 g/mol. The van der Waals surface area contributed by atoms with Crippen LogP contribution in [0.5, 0.6) is 0 Å². The van der Waals surface area contributed by atoms with Crippen LogP contribution >= 0.6 is 0 Å². The summed E-state index contributed by atoms with van der Waals surface area (Å²) in [5.41, 5.74) is 6.29. The minimum Gasteiger partial charge on any atom is -1.00 e. The summed E-state index contributed by atoms with van der Waals surface area (Å²) in [6, 6.07) is 22.0. The van der Waals surface area contributed by atoms with E-state index >= 15 is 0 Å². The molecule has 0 spiro atoms. The number of aromatic nitrogens is 1. The number of pyridine rings is 1. The summed E-state index contributed by atoms with van der Waals surface area (Å²) in [4.78, 5) is 4.89. The number of para-hydroxylation sites is 1. The van der Waals surface area contributed by atoms with Crippen LogP contribution in [0.25, 0.3) is 27.8 Å². The molecule has 4 aromatic rings. The predicted molar refractivity (Wildman–Crippen MR) is 102 cm³/mol. The van der Waals surface area contributed by atoms with Gasteiger partial charge < -0.3 is 24.8 Å². The molecule has 0 fully saturated rings. The van der Waals surface area contributed by atoms with Gasteiger partial charge in [-0.1, -0.05) is 42.8 Å². The molecule has 1 aliphatic carbocycles. The average molecular weight is 471 g/mol. The zero-order valence-corrected chi connectivity index (χ0v) is 18.9. The van der Waals surface area contributed by atoms with Gasteiger partial charge in [0.25, 0.3) is 0 Å². The Balaban J connectivity index is 0.000000871. The van der Waals surface area contributed by atoms with Crippen LogP contribution in [0, 0.1) is 6.92 Å². The van der Waals surface area contributed by atoms with E-state index < -0.39 is 0 Å². The van der Waals surface area contributed by atoms with E-state index in [1.807, 2.05) is 0 Å². The van der Waals surface area contributed by atoms with Crippen molar-refractivity contribution in [3.05, 3.63) is 89.1 Å². The van der Waals surface area contributed by atoms with Gasteiger partial charge in [0, 0.05) is 11.3 Å². The fourth-order valence-corrected chi connectivity index (χ4v) is 4.01. The van der Waals surface area contributed by atoms with Gasteiger partial charge in [-0.2, -0.15) is 6.07 Å². The molecule has 5 rings (SSSR count). The van der Waals surface area contributed by atoms with Crippen LogP contribution in [0.4, 0.5) is 0 Å². The minimum atomic E-state index is 0. The SMILES string of the molecule is Cc1cc2c(C3CC=Cc4nc5ccccc5cc43)cccc2[cH-]1.[Cl-].[Cl-].[Zr+3]. The maximum atomic E-state index is 4.89. The van der Waals surface area contributed by atoms with Crippen LogP contribution in [0.3, 0.4) is 0 Å². The molecule has 1 atom stereocenters. The molecule has 1 radical (unpaired) electrons. The van der Waals surface area contributed by atoms with Crippen molar-refractivity contribution in [1.82, 2.24) is 4.98 Å². The second-order valence-corrected chi connectivity index (χ2v) is 6.73. The number of allylic oxidation sites excluding steroid dienone is 1. The number of hydrogen-bond donors (Lipinski definition) is 0. The van der Waals surface area contributed by atoms with Crippen molar-refractivity contribution in [2.24, 2.45) is 0 Å². The quantitative estimate of drug-likeness (QED) is 0.356. The van der Waals surface area contributed by atoms with Gasteiger partial charge in [-0.05, 0) is 30.2 Å². The Bertz CT molecular complexity index is 1110. The summed E-state index contributed by atoms with van der Waals surface area (Å²) in [6.07, 6.45) is 5.48. The molecule has 0 N–H and O–H groups in total. The molecule has 3 aromatic carbocycles. The van der Waals surface area contributed by atoms with Crippen molar-refractivity contribution >= 4 is 27.8 Å². The smallest absolute Gasteiger partial charge is 1.00 e. The van der Waals surface area contributed by atoms with Gasteiger partial charge in [0.05, 0.1) is 11.2 Å². The first-order chi connectivity index (χ1) is 11.8. The molecule has 1 heterocycles. The van der Waals surface area contributed by atoms with E-state index in [-0.39, 0.29) is 51.0 Å². The molecule has 0 amide bonds. The van der Waals surface area contributed by atoms with Crippen LogP contribution in [0.15, 0.2) is 66.7 Å². The van der Waals surface area contributed by atoms with Crippen molar-refractivity contribution in [3.8, 4) is 0 Å². The molecule has 1 unspecified atom stereocenters. The van der Waals surface area contributed by atoms with E-state index in [1.54, 1.807) is 0 Å². The van der Waals surface area contributed by atoms with Crippen LogP contribution in [-0.2, 0) is 26.2 Å². The summed E-state index contributed by atoms with van der Waals surface area (Å²) < 4.78 is 0. The molecule has 4 heteroatoms. The second kappa shape index (κ2) is 8.78. The molecule has 0 saturated carbocycles. The van der Waals surface area contributed by atoms with Crippen molar-refractivity contribution in [2.45, 2.75) is 19.3 Å². The molecule has 0 bridgehead atoms. The fraction of sp³-hybridized carbons (Fsp3) is 0.130. The summed E-state index contributed by atoms with van der Waals surface area (Å²) in [5.74, 6) is 0.382.